The average molecular weight is 552 g/mol. The fourth-order valence-electron chi connectivity index (χ4n) is 6.66. The number of hydrogen-bond acceptors (Lipinski definition) is 5. The van der Waals surface area contributed by atoms with E-state index in [0.29, 0.717) is 42.2 Å². The molecule has 0 bridgehead atoms. The fraction of sp³-hybridized carbons (Fsp3) is 0.406. The van der Waals surface area contributed by atoms with E-state index in [1.807, 2.05) is 36.5 Å². The van der Waals surface area contributed by atoms with Crippen LogP contribution in [0.5, 0.6) is 5.75 Å². The molecule has 7 rings (SSSR count). The van der Waals surface area contributed by atoms with Gasteiger partial charge in [-0.3, -0.25) is 9.89 Å². The Balaban J connectivity index is 1.37. The Morgan fingerprint density at radius 1 is 1.22 bits per heavy atom. The molecule has 1 saturated carbocycles. The highest BCUT2D eigenvalue weighted by Gasteiger charge is 2.34. The monoisotopic (exact) mass is 551 g/mol. The van der Waals surface area contributed by atoms with Crippen molar-refractivity contribution in [2.24, 2.45) is 30.5 Å². The van der Waals surface area contributed by atoms with Gasteiger partial charge in [0, 0.05) is 55.0 Å². The van der Waals surface area contributed by atoms with Gasteiger partial charge in [0.1, 0.15) is 11.3 Å². The standard InChI is InChI=1S/C32H37N7O2/c1-19-10-23(19)18-39-27(12-21-7-4-8-25(29(21)39)24-15-34-35-16-24)31-36-26-11-22(13-28(41-3)30(26)37(31)2)32(40)38-9-5-6-20(14-33)17-38/h4,7-8,11-13,15-16,19-20,23H,5-6,9-10,14,17-18,33H2,1-3H3,(H,34,35)/t19?,20-,23?/m0/s1. The van der Waals surface area contributed by atoms with Crippen LogP contribution in [0.15, 0.2) is 48.8 Å². The number of aryl methyl sites for hydroxylation is 1. The topological polar surface area (TPSA) is 107 Å². The molecule has 0 spiro atoms. The fourth-order valence-corrected chi connectivity index (χ4v) is 6.66. The highest BCUT2D eigenvalue weighted by Crippen LogP contribution is 2.43. The number of H-pyrrole nitrogens is 1. The highest BCUT2D eigenvalue weighted by molar-refractivity contribution is 6.01. The number of amides is 1. The summed E-state index contributed by atoms with van der Waals surface area (Å²) >= 11 is 0. The first kappa shape index (κ1) is 25.8. The zero-order valence-corrected chi connectivity index (χ0v) is 23.9. The number of piperidine rings is 1. The molecule has 9 nitrogen and oxygen atoms in total. The van der Waals surface area contributed by atoms with Gasteiger partial charge in [0.25, 0.3) is 5.91 Å². The molecule has 9 heteroatoms. The summed E-state index contributed by atoms with van der Waals surface area (Å²) in [4.78, 5) is 20.7. The molecule has 1 aliphatic heterocycles. The molecule has 1 saturated heterocycles. The van der Waals surface area contributed by atoms with Gasteiger partial charge in [-0.15, -0.1) is 0 Å². The van der Waals surface area contributed by atoms with Crippen molar-refractivity contribution in [3.63, 3.8) is 0 Å². The summed E-state index contributed by atoms with van der Waals surface area (Å²) in [6, 6.07) is 12.5. The molecule has 0 radical (unpaired) electrons. The van der Waals surface area contributed by atoms with E-state index in [1.54, 1.807) is 7.11 Å². The molecule has 3 aromatic heterocycles. The van der Waals surface area contributed by atoms with Crippen LogP contribution in [-0.4, -0.2) is 61.9 Å². The number of fused-ring (bicyclic) bond motifs is 2. The van der Waals surface area contributed by atoms with Gasteiger partial charge in [0.2, 0.25) is 0 Å². The molecule has 3 N–H and O–H groups in total. The maximum Gasteiger partial charge on any atom is 0.254 e. The second-order valence-corrected chi connectivity index (χ2v) is 11.9. The molecule has 1 aliphatic carbocycles. The number of carbonyl (C=O) groups excluding carboxylic acids is 1. The van der Waals surface area contributed by atoms with Crippen LogP contribution in [0, 0.1) is 17.8 Å². The molecule has 1 amide bonds. The third-order valence-electron chi connectivity index (χ3n) is 9.19. The van der Waals surface area contributed by atoms with E-state index in [-0.39, 0.29) is 5.91 Å². The maximum absolute atomic E-state index is 13.6. The van der Waals surface area contributed by atoms with Crippen molar-refractivity contribution in [3.8, 4) is 28.4 Å². The van der Waals surface area contributed by atoms with Gasteiger partial charge in [0.15, 0.2) is 5.82 Å². The number of likely N-dealkylation sites (tertiary alicyclic amines) is 1. The molecule has 2 aliphatic rings. The number of ether oxygens (including phenoxy) is 1. The summed E-state index contributed by atoms with van der Waals surface area (Å²) < 4.78 is 10.4. The van der Waals surface area contributed by atoms with Crippen molar-refractivity contribution >= 4 is 27.8 Å². The lowest BCUT2D eigenvalue weighted by atomic mass is 9.97. The first-order chi connectivity index (χ1) is 20.0. The van der Waals surface area contributed by atoms with E-state index in [9.17, 15) is 4.79 Å². The number of nitrogens with one attached hydrogen (secondary N) is 1. The van der Waals surface area contributed by atoms with E-state index in [0.717, 1.165) is 59.6 Å². The predicted molar refractivity (Wildman–Crippen MR) is 161 cm³/mol. The van der Waals surface area contributed by atoms with E-state index in [4.69, 9.17) is 15.5 Å². The average Bonchev–Trinajstić information content (AvgIpc) is 3.37. The second-order valence-electron chi connectivity index (χ2n) is 11.9. The molecule has 41 heavy (non-hydrogen) atoms. The molecule has 3 atom stereocenters. The third kappa shape index (κ3) is 4.39. The first-order valence-electron chi connectivity index (χ1n) is 14.6. The van der Waals surface area contributed by atoms with Crippen molar-refractivity contribution < 1.29 is 9.53 Å². The number of para-hydroxylation sites is 1. The number of methoxy groups -OCH3 is 1. The van der Waals surface area contributed by atoms with Crippen LogP contribution in [-0.2, 0) is 13.6 Å². The van der Waals surface area contributed by atoms with Gasteiger partial charge in [-0.1, -0.05) is 25.1 Å². The number of carbonyl (C=O) groups is 1. The number of aromatic amines is 1. The number of imidazole rings is 1. The Labute approximate surface area is 239 Å². The van der Waals surface area contributed by atoms with Gasteiger partial charge in [-0.2, -0.15) is 5.10 Å². The summed E-state index contributed by atoms with van der Waals surface area (Å²) in [7, 11) is 3.69. The lowest BCUT2D eigenvalue weighted by Crippen LogP contribution is -2.42. The lowest BCUT2D eigenvalue weighted by molar-refractivity contribution is 0.0678. The summed E-state index contributed by atoms with van der Waals surface area (Å²) in [5, 5.41) is 8.35. The summed E-state index contributed by atoms with van der Waals surface area (Å²) in [6.45, 7) is 5.30. The van der Waals surface area contributed by atoms with Crippen molar-refractivity contribution in [3.05, 3.63) is 54.4 Å². The number of hydrogen-bond donors (Lipinski definition) is 2. The van der Waals surface area contributed by atoms with Crippen LogP contribution in [0.1, 0.15) is 36.5 Å². The zero-order valence-electron chi connectivity index (χ0n) is 23.9. The Kier molecular flexibility index (Phi) is 6.34. The predicted octanol–water partition coefficient (Wildman–Crippen LogP) is 5.06. The largest absolute Gasteiger partial charge is 0.494 e. The van der Waals surface area contributed by atoms with E-state index < -0.39 is 0 Å². The minimum absolute atomic E-state index is 0.0112. The van der Waals surface area contributed by atoms with Crippen molar-refractivity contribution in [1.29, 1.82) is 0 Å². The summed E-state index contributed by atoms with van der Waals surface area (Å²) in [6.07, 6.45) is 7.11. The Bertz CT molecular complexity index is 1750. The normalized spacial score (nSPS) is 20.7. The number of rotatable bonds is 7. The lowest BCUT2D eigenvalue weighted by Gasteiger charge is -2.32. The van der Waals surface area contributed by atoms with Gasteiger partial charge in [-0.25, -0.2) is 4.98 Å². The highest BCUT2D eigenvalue weighted by atomic mass is 16.5. The maximum atomic E-state index is 13.6. The van der Waals surface area contributed by atoms with Crippen LogP contribution in [0.2, 0.25) is 0 Å². The molecular weight excluding hydrogens is 514 g/mol. The number of nitrogens with zero attached hydrogens (tertiary/aromatic N) is 5. The van der Waals surface area contributed by atoms with Crippen LogP contribution < -0.4 is 10.5 Å². The molecular formula is C32H37N7O2. The van der Waals surface area contributed by atoms with Crippen molar-refractivity contribution in [2.45, 2.75) is 32.7 Å². The SMILES string of the molecule is COc1cc(C(=O)N2CCC[C@@H](CN)C2)cc2nc(-c3cc4cccc(-c5cn[nH]c5)c4n3CC3CC3C)n(C)c12. The quantitative estimate of drug-likeness (QED) is 0.294. The number of aromatic nitrogens is 5. The van der Waals surface area contributed by atoms with E-state index >= 15 is 0 Å². The first-order valence-corrected chi connectivity index (χ1v) is 14.6. The Morgan fingerprint density at radius 3 is 2.80 bits per heavy atom. The molecule has 2 fully saturated rings. The van der Waals surface area contributed by atoms with Crippen LogP contribution >= 0.6 is 0 Å². The number of nitrogens with two attached hydrogens (primary N) is 1. The zero-order chi connectivity index (χ0) is 28.2. The molecule has 212 valence electrons. The summed E-state index contributed by atoms with van der Waals surface area (Å²) in [5.74, 6) is 3.21. The number of benzene rings is 2. The van der Waals surface area contributed by atoms with Crippen molar-refractivity contribution in [1.82, 2.24) is 29.2 Å². The van der Waals surface area contributed by atoms with Crippen LogP contribution in [0.4, 0.5) is 0 Å². The Hall–Kier alpha value is -4.11. The van der Waals surface area contributed by atoms with Crippen molar-refractivity contribution in [2.75, 3.05) is 26.7 Å². The van der Waals surface area contributed by atoms with Crippen LogP contribution in [0.25, 0.3) is 44.6 Å². The van der Waals surface area contributed by atoms with Gasteiger partial charge in [0.05, 0.1) is 30.0 Å². The molecule has 2 unspecified atom stereocenters. The molecule has 2 aromatic carbocycles. The second kappa shape index (κ2) is 10.1. The third-order valence-corrected chi connectivity index (χ3v) is 9.19. The Morgan fingerprint density at radius 2 is 2.07 bits per heavy atom. The summed E-state index contributed by atoms with van der Waals surface area (Å²) in [5.41, 5.74) is 12.6. The minimum Gasteiger partial charge on any atom is -0.494 e. The smallest absolute Gasteiger partial charge is 0.254 e. The van der Waals surface area contributed by atoms with E-state index in [2.05, 4.69) is 50.5 Å². The van der Waals surface area contributed by atoms with Gasteiger partial charge >= 0.3 is 0 Å². The minimum atomic E-state index is 0.0112. The molecule has 4 heterocycles. The van der Waals surface area contributed by atoms with Crippen LogP contribution in [0.3, 0.4) is 0 Å². The van der Waals surface area contributed by atoms with Gasteiger partial charge in [-0.05, 0) is 61.8 Å². The molecule has 5 aromatic rings. The van der Waals surface area contributed by atoms with Gasteiger partial charge < -0.3 is 24.5 Å². The van der Waals surface area contributed by atoms with E-state index in [1.165, 1.54) is 17.3 Å².